The second kappa shape index (κ2) is 7.80. The zero-order valence-electron chi connectivity index (χ0n) is 14.8. The monoisotopic (exact) mass is 339 g/mol. The summed E-state index contributed by atoms with van der Waals surface area (Å²) in [5, 5.41) is 9.61. The minimum atomic E-state index is -0.446. The van der Waals surface area contributed by atoms with Crippen molar-refractivity contribution in [3.63, 3.8) is 0 Å². The average molecular weight is 339 g/mol. The van der Waals surface area contributed by atoms with Crippen molar-refractivity contribution in [1.29, 1.82) is 5.26 Å². The van der Waals surface area contributed by atoms with Crippen LogP contribution in [0.5, 0.6) is 0 Å². The zero-order chi connectivity index (χ0) is 18.6. The van der Waals surface area contributed by atoms with Gasteiger partial charge >= 0.3 is 11.9 Å². The van der Waals surface area contributed by atoms with Crippen LogP contribution in [0, 0.1) is 18.3 Å². The molecule has 1 aromatic carbocycles. The molecule has 130 valence electrons. The Labute approximate surface area is 147 Å². The molecular formula is C20H21NO4. The number of esters is 2. The molecule has 0 unspecified atom stereocenters. The molecule has 0 fully saturated rings. The van der Waals surface area contributed by atoms with Crippen molar-refractivity contribution >= 4 is 18.0 Å². The number of cyclic esters (lactones) is 1. The van der Waals surface area contributed by atoms with Crippen LogP contribution in [0.2, 0.25) is 0 Å². The number of carbonyl (C=O) groups excluding carboxylic acids is 2. The van der Waals surface area contributed by atoms with Crippen LogP contribution in [0.15, 0.2) is 18.2 Å². The van der Waals surface area contributed by atoms with Gasteiger partial charge in [0.25, 0.3) is 0 Å². The zero-order valence-corrected chi connectivity index (χ0v) is 14.8. The van der Waals surface area contributed by atoms with Gasteiger partial charge in [0, 0.05) is 12.0 Å². The van der Waals surface area contributed by atoms with Crippen molar-refractivity contribution in [2.75, 3.05) is 7.11 Å². The molecule has 0 saturated heterocycles. The van der Waals surface area contributed by atoms with Gasteiger partial charge in [-0.3, -0.25) is 4.79 Å². The van der Waals surface area contributed by atoms with E-state index in [4.69, 9.17) is 4.74 Å². The van der Waals surface area contributed by atoms with E-state index < -0.39 is 5.97 Å². The Hall–Kier alpha value is -2.87. The Kier molecular flexibility index (Phi) is 5.76. The van der Waals surface area contributed by atoms with Crippen LogP contribution in [-0.2, 0) is 27.3 Å². The summed E-state index contributed by atoms with van der Waals surface area (Å²) in [5.41, 5.74) is 5.08. The normalized spacial score (nSPS) is 13.0. The SMILES string of the molecule is C=Cc1c(C)c2c(c(C#N)c1CC=C(C)CCC(=O)OC)C(=O)OC2. The number of carbonyl (C=O) groups is 2. The van der Waals surface area contributed by atoms with Gasteiger partial charge in [0.2, 0.25) is 0 Å². The molecule has 0 saturated carbocycles. The smallest absolute Gasteiger partial charge is 0.340 e. The maximum Gasteiger partial charge on any atom is 0.340 e. The predicted octanol–water partition coefficient (Wildman–Crippen LogP) is 3.62. The molecular weight excluding hydrogens is 318 g/mol. The van der Waals surface area contributed by atoms with E-state index in [1.54, 1.807) is 6.08 Å². The number of hydrogen-bond acceptors (Lipinski definition) is 5. The van der Waals surface area contributed by atoms with Gasteiger partial charge in [0.1, 0.15) is 12.7 Å². The number of hydrogen-bond donors (Lipinski definition) is 0. The number of methoxy groups -OCH3 is 1. The van der Waals surface area contributed by atoms with Crippen LogP contribution in [0.1, 0.15) is 57.9 Å². The van der Waals surface area contributed by atoms with Crippen LogP contribution in [-0.4, -0.2) is 19.0 Å². The van der Waals surface area contributed by atoms with E-state index in [9.17, 15) is 14.9 Å². The molecule has 0 amide bonds. The van der Waals surface area contributed by atoms with Crippen molar-refractivity contribution in [1.82, 2.24) is 0 Å². The molecule has 0 N–H and O–H groups in total. The molecule has 0 spiro atoms. The largest absolute Gasteiger partial charge is 0.469 e. The number of ether oxygens (including phenoxy) is 2. The number of fused-ring (bicyclic) bond motifs is 1. The molecule has 5 nitrogen and oxygen atoms in total. The molecule has 1 aliphatic rings. The molecule has 0 radical (unpaired) electrons. The summed E-state index contributed by atoms with van der Waals surface area (Å²) in [4.78, 5) is 23.3. The van der Waals surface area contributed by atoms with E-state index in [0.29, 0.717) is 30.4 Å². The standard InChI is InChI=1S/C20H21NO4/c1-5-14-13(3)17-11-25-20(23)19(17)16(10-21)15(14)8-6-12(2)7-9-18(22)24-4/h5-6H,1,7-9,11H2,2-4H3. The van der Waals surface area contributed by atoms with Crippen LogP contribution in [0.4, 0.5) is 0 Å². The van der Waals surface area contributed by atoms with Gasteiger partial charge in [-0.2, -0.15) is 5.26 Å². The highest BCUT2D eigenvalue weighted by Crippen LogP contribution is 2.34. The van der Waals surface area contributed by atoms with Gasteiger partial charge in [-0.05, 0) is 43.4 Å². The first-order valence-corrected chi connectivity index (χ1v) is 8.05. The van der Waals surface area contributed by atoms with Gasteiger partial charge in [-0.25, -0.2) is 4.79 Å². The van der Waals surface area contributed by atoms with E-state index in [1.165, 1.54) is 7.11 Å². The molecule has 1 heterocycles. The van der Waals surface area contributed by atoms with E-state index in [0.717, 1.165) is 27.8 Å². The van der Waals surface area contributed by atoms with Crippen molar-refractivity contribution in [3.05, 3.63) is 51.6 Å². The van der Waals surface area contributed by atoms with E-state index >= 15 is 0 Å². The second-order valence-electron chi connectivity index (χ2n) is 5.97. The fourth-order valence-electron chi connectivity index (χ4n) is 3.02. The van der Waals surface area contributed by atoms with Gasteiger partial charge in [-0.1, -0.05) is 24.3 Å². The topological polar surface area (TPSA) is 76.4 Å². The van der Waals surface area contributed by atoms with Crippen molar-refractivity contribution < 1.29 is 19.1 Å². The van der Waals surface area contributed by atoms with E-state index in [2.05, 4.69) is 17.4 Å². The number of nitriles is 1. The highest BCUT2D eigenvalue weighted by atomic mass is 16.5. The summed E-state index contributed by atoms with van der Waals surface area (Å²) in [6.07, 6.45) is 5.07. The summed E-state index contributed by atoms with van der Waals surface area (Å²) >= 11 is 0. The third-order valence-electron chi connectivity index (χ3n) is 4.51. The first-order valence-electron chi connectivity index (χ1n) is 8.05. The van der Waals surface area contributed by atoms with E-state index in [-0.39, 0.29) is 12.6 Å². The fourth-order valence-corrected chi connectivity index (χ4v) is 3.02. The Morgan fingerprint density at radius 3 is 2.76 bits per heavy atom. The minimum absolute atomic E-state index is 0.198. The van der Waals surface area contributed by atoms with Crippen LogP contribution in [0.25, 0.3) is 6.08 Å². The minimum Gasteiger partial charge on any atom is -0.469 e. The van der Waals surface area contributed by atoms with Gasteiger partial charge in [-0.15, -0.1) is 0 Å². The van der Waals surface area contributed by atoms with E-state index in [1.807, 2.05) is 19.9 Å². The molecule has 2 rings (SSSR count). The maximum absolute atomic E-state index is 12.0. The predicted molar refractivity (Wildman–Crippen MR) is 93.8 cm³/mol. The fraction of sp³-hybridized carbons (Fsp3) is 0.350. The summed E-state index contributed by atoms with van der Waals surface area (Å²) in [6, 6.07) is 2.16. The summed E-state index contributed by atoms with van der Waals surface area (Å²) in [7, 11) is 1.36. The summed E-state index contributed by atoms with van der Waals surface area (Å²) in [6.45, 7) is 7.89. The molecule has 0 bridgehead atoms. The second-order valence-corrected chi connectivity index (χ2v) is 5.97. The van der Waals surface area contributed by atoms with Crippen LogP contribution >= 0.6 is 0 Å². The third kappa shape index (κ3) is 3.63. The van der Waals surface area contributed by atoms with Crippen LogP contribution < -0.4 is 0 Å². The highest BCUT2D eigenvalue weighted by Gasteiger charge is 2.30. The molecule has 0 atom stereocenters. The van der Waals surface area contributed by atoms with Crippen LogP contribution in [0.3, 0.4) is 0 Å². The Morgan fingerprint density at radius 1 is 1.44 bits per heavy atom. The first-order chi connectivity index (χ1) is 11.9. The molecule has 1 aromatic rings. The maximum atomic E-state index is 12.0. The molecule has 0 aliphatic carbocycles. The Balaban J connectivity index is 2.41. The summed E-state index contributed by atoms with van der Waals surface area (Å²) < 4.78 is 9.75. The number of rotatable bonds is 6. The average Bonchev–Trinajstić information content (AvgIpc) is 3.00. The van der Waals surface area contributed by atoms with Gasteiger partial charge in [0.15, 0.2) is 0 Å². The quantitative estimate of drug-likeness (QED) is 0.584. The van der Waals surface area contributed by atoms with Crippen molar-refractivity contribution in [2.24, 2.45) is 0 Å². The molecule has 25 heavy (non-hydrogen) atoms. The molecule has 5 heteroatoms. The lowest BCUT2D eigenvalue weighted by Crippen LogP contribution is -2.07. The Morgan fingerprint density at radius 2 is 2.16 bits per heavy atom. The van der Waals surface area contributed by atoms with Crippen molar-refractivity contribution in [3.8, 4) is 6.07 Å². The lowest BCUT2D eigenvalue weighted by atomic mass is 9.86. The van der Waals surface area contributed by atoms with Gasteiger partial charge < -0.3 is 9.47 Å². The first kappa shape index (κ1) is 18.5. The summed E-state index contributed by atoms with van der Waals surface area (Å²) in [5.74, 6) is -0.703. The molecule has 0 aromatic heterocycles. The number of benzene rings is 1. The van der Waals surface area contributed by atoms with Crippen molar-refractivity contribution in [2.45, 2.75) is 39.7 Å². The van der Waals surface area contributed by atoms with Gasteiger partial charge in [0.05, 0.1) is 18.2 Å². The third-order valence-corrected chi connectivity index (χ3v) is 4.51. The number of nitrogens with zero attached hydrogens (tertiary/aromatic N) is 1. The lowest BCUT2D eigenvalue weighted by molar-refractivity contribution is -0.140. The lowest BCUT2D eigenvalue weighted by Gasteiger charge is -2.14. The molecule has 1 aliphatic heterocycles. The number of allylic oxidation sites excluding steroid dienone is 2. The Bertz CT molecular complexity index is 812. The highest BCUT2D eigenvalue weighted by molar-refractivity contribution is 5.98.